The van der Waals surface area contributed by atoms with Crippen LogP contribution in [0.4, 0.5) is 13.2 Å². The fourth-order valence-electron chi connectivity index (χ4n) is 3.11. The van der Waals surface area contributed by atoms with E-state index in [1.54, 1.807) is 13.2 Å². The van der Waals surface area contributed by atoms with Crippen LogP contribution in [0.3, 0.4) is 0 Å². The molecule has 0 aliphatic carbocycles. The topological polar surface area (TPSA) is 68.0 Å². The van der Waals surface area contributed by atoms with Gasteiger partial charge in [0.2, 0.25) is 5.89 Å². The summed E-state index contributed by atoms with van der Waals surface area (Å²) in [6, 6.07) is 10.1. The van der Waals surface area contributed by atoms with Gasteiger partial charge in [-0.05, 0) is 43.7 Å². The fourth-order valence-corrected chi connectivity index (χ4v) is 4.20. The average Bonchev–Trinajstić information content (AvgIpc) is 3.32. The minimum Gasteiger partial charge on any atom is -0.444 e. The van der Waals surface area contributed by atoms with Crippen LogP contribution in [0, 0.1) is 13.8 Å². The molecule has 9 heteroatoms. The number of thiophene rings is 1. The Labute approximate surface area is 179 Å². The lowest BCUT2D eigenvalue weighted by atomic mass is 10.1. The molecule has 1 amide bonds. The van der Waals surface area contributed by atoms with E-state index in [4.69, 9.17) is 4.42 Å². The van der Waals surface area contributed by atoms with Crippen molar-refractivity contribution in [1.82, 2.24) is 15.3 Å². The maximum atomic E-state index is 12.9. The van der Waals surface area contributed by atoms with Crippen molar-refractivity contribution in [2.45, 2.75) is 26.4 Å². The number of alkyl halides is 3. The second-order valence-electron chi connectivity index (χ2n) is 7.12. The van der Waals surface area contributed by atoms with E-state index in [2.05, 4.69) is 15.3 Å². The number of carbonyl (C=O) groups excluding carboxylic acids is 1. The summed E-state index contributed by atoms with van der Waals surface area (Å²) in [5, 5.41) is 3.33. The summed E-state index contributed by atoms with van der Waals surface area (Å²) in [5.74, 6) is 0.157. The van der Waals surface area contributed by atoms with E-state index in [1.807, 2.05) is 31.2 Å². The van der Waals surface area contributed by atoms with Crippen molar-refractivity contribution in [2.24, 2.45) is 0 Å². The Hall–Kier alpha value is -3.20. The molecule has 4 aromatic rings. The van der Waals surface area contributed by atoms with Gasteiger partial charge in [0.25, 0.3) is 5.91 Å². The van der Waals surface area contributed by atoms with E-state index < -0.39 is 11.9 Å². The van der Waals surface area contributed by atoms with Crippen LogP contribution in [0.25, 0.3) is 21.7 Å². The molecule has 0 bridgehead atoms. The van der Waals surface area contributed by atoms with Crippen molar-refractivity contribution < 1.29 is 22.4 Å². The highest BCUT2D eigenvalue weighted by atomic mass is 32.1. The van der Waals surface area contributed by atoms with Gasteiger partial charge < -0.3 is 9.73 Å². The first-order chi connectivity index (χ1) is 14.7. The highest BCUT2D eigenvalue weighted by Gasteiger charge is 2.33. The molecule has 3 aromatic heterocycles. The standard InChI is InChI=1S/C22H18F3N3O2S/c1-12-3-5-14(6-4-12)20-27-15(11-30-20)9-10-26-19(29)18-13(2)16-7-8-17(22(23,24)25)28-21(16)31-18/h3-8,11H,9-10H2,1-2H3,(H,26,29). The number of aryl methyl sites for hydroxylation is 2. The second kappa shape index (κ2) is 8.14. The van der Waals surface area contributed by atoms with Gasteiger partial charge in [-0.2, -0.15) is 13.2 Å². The molecular weight excluding hydrogens is 427 g/mol. The molecule has 0 fully saturated rings. The van der Waals surface area contributed by atoms with Gasteiger partial charge in [-0.3, -0.25) is 4.79 Å². The third-order valence-corrected chi connectivity index (χ3v) is 6.02. The molecule has 0 unspecified atom stereocenters. The largest absolute Gasteiger partial charge is 0.444 e. The van der Waals surface area contributed by atoms with Crippen LogP contribution >= 0.6 is 11.3 Å². The molecule has 0 atom stereocenters. The summed E-state index contributed by atoms with van der Waals surface area (Å²) < 4.78 is 44.2. The molecule has 0 spiro atoms. The minimum atomic E-state index is -4.52. The molecule has 160 valence electrons. The number of nitrogens with one attached hydrogen (secondary N) is 1. The molecule has 0 radical (unpaired) electrons. The number of hydrogen-bond acceptors (Lipinski definition) is 5. The van der Waals surface area contributed by atoms with E-state index in [-0.39, 0.29) is 10.7 Å². The van der Waals surface area contributed by atoms with Gasteiger partial charge in [0.1, 0.15) is 16.8 Å². The Balaban J connectivity index is 1.42. The van der Waals surface area contributed by atoms with Crippen molar-refractivity contribution in [3.63, 3.8) is 0 Å². The predicted octanol–water partition coefficient (Wildman–Crippen LogP) is 5.56. The van der Waals surface area contributed by atoms with Gasteiger partial charge >= 0.3 is 6.18 Å². The fraction of sp³-hybridized carbons (Fsp3) is 0.227. The van der Waals surface area contributed by atoms with E-state index in [9.17, 15) is 18.0 Å². The number of hydrogen-bond donors (Lipinski definition) is 1. The quantitative estimate of drug-likeness (QED) is 0.437. The number of benzene rings is 1. The summed E-state index contributed by atoms with van der Waals surface area (Å²) in [6.07, 6.45) is -2.51. The normalized spacial score (nSPS) is 11.8. The van der Waals surface area contributed by atoms with Gasteiger partial charge in [0, 0.05) is 23.9 Å². The Morgan fingerprint density at radius 3 is 2.55 bits per heavy atom. The molecular formula is C22H18F3N3O2S. The lowest BCUT2D eigenvalue weighted by molar-refractivity contribution is -0.140. The maximum absolute atomic E-state index is 12.9. The van der Waals surface area contributed by atoms with E-state index in [0.29, 0.717) is 40.4 Å². The molecule has 0 saturated carbocycles. The number of nitrogens with zero attached hydrogens (tertiary/aromatic N) is 2. The smallest absolute Gasteiger partial charge is 0.433 e. The number of amides is 1. The summed E-state index contributed by atoms with van der Waals surface area (Å²) in [7, 11) is 0. The van der Waals surface area contributed by atoms with Crippen molar-refractivity contribution in [1.29, 1.82) is 0 Å². The van der Waals surface area contributed by atoms with Gasteiger partial charge in [-0.1, -0.05) is 17.7 Å². The predicted molar refractivity (Wildman–Crippen MR) is 112 cm³/mol. The number of halogens is 3. The molecule has 4 rings (SSSR count). The van der Waals surface area contributed by atoms with Crippen LogP contribution in [-0.4, -0.2) is 22.4 Å². The second-order valence-corrected chi connectivity index (χ2v) is 8.12. The number of pyridine rings is 1. The van der Waals surface area contributed by atoms with Crippen LogP contribution in [0.1, 0.15) is 32.2 Å². The average molecular weight is 445 g/mol. The zero-order valence-corrected chi connectivity index (χ0v) is 17.5. The van der Waals surface area contributed by atoms with Gasteiger partial charge in [-0.15, -0.1) is 11.3 Å². The maximum Gasteiger partial charge on any atom is 0.433 e. The minimum absolute atomic E-state index is 0.191. The molecule has 0 aliphatic heterocycles. The first-order valence-corrected chi connectivity index (χ1v) is 10.3. The Kier molecular flexibility index (Phi) is 5.53. The van der Waals surface area contributed by atoms with Crippen LogP contribution in [0.5, 0.6) is 0 Å². The molecule has 5 nitrogen and oxygen atoms in total. The summed E-state index contributed by atoms with van der Waals surface area (Å²) in [4.78, 5) is 21.2. The number of fused-ring (bicyclic) bond motifs is 1. The van der Waals surface area contributed by atoms with Crippen LogP contribution in [0.15, 0.2) is 47.1 Å². The van der Waals surface area contributed by atoms with E-state index in [1.165, 1.54) is 6.07 Å². The summed E-state index contributed by atoms with van der Waals surface area (Å²) >= 11 is 0.954. The number of aromatic nitrogens is 2. The van der Waals surface area contributed by atoms with Crippen LogP contribution < -0.4 is 5.32 Å². The Morgan fingerprint density at radius 1 is 1.10 bits per heavy atom. The Morgan fingerprint density at radius 2 is 1.84 bits per heavy atom. The number of carbonyl (C=O) groups is 1. The van der Waals surface area contributed by atoms with E-state index >= 15 is 0 Å². The van der Waals surface area contributed by atoms with Crippen LogP contribution in [0.2, 0.25) is 0 Å². The molecule has 0 saturated heterocycles. The molecule has 31 heavy (non-hydrogen) atoms. The van der Waals surface area contributed by atoms with Gasteiger partial charge in [0.15, 0.2) is 0 Å². The first-order valence-electron chi connectivity index (χ1n) is 9.49. The lowest BCUT2D eigenvalue weighted by Crippen LogP contribution is -2.25. The third-order valence-electron chi connectivity index (χ3n) is 4.82. The third kappa shape index (κ3) is 4.46. The monoisotopic (exact) mass is 445 g/mol. The van der Waals surface area contributed by atoms with Crippen molar-refractivity contribution >= 4 is 27.5 Å². The van der Waals surface area contributed by atoms with E-state index in [0.717, 1.165) is 28.5 Å². The first kappa shape index (κ1) is 21.0. The molecule has 1 aromatic carbocycles. The molecule has 3 heterocycles. The molecule has 0 aliphatic rings. The lowest BCUT2D eigenvalue weighted by Gasteiger charge is -2.04. The van der Waals surface area contributed by atoms with Gasteiger partial charge in [-0.25, -0.2) is 9.97 Å². The number of rotatable bonds is 5. The highest BCUT2D eigenvalue weighted by molar-refractivity contribution is 7.20. The molecule has 1 N–H and O–H groups in total. The highest BCUT2D eigenvalue weighted by Crippen LogP contribution is 2.34. The zero-order chi connectivity index (χ0) is 22.2. The Bertz CT molecular complexity index is 1240. The SMILES string of the molecule is Cc1ccc(-c2nc(CCNC(=O)c3sc4nc(C(F)(F)F)ccc4c3C)co2)cc1. The van der Waals surface area contributed by atoms with Crippen molar-refractivity contribution in [3.05, 3.63) is 70.1 Å². The summed E-state index contributed by atoms with van der Waals surface area (Å²) in [6.45, 7) is 4.01. The number of oxazole rings is 1. The van der Waals surface area contributed by atoms with Crippen LogP contribution in [-0.2, 0) is 12.6 Å². The van der Waals surface area contributed by atoms with Gasteiger partial charge in [0.05, 0.1) is 10.6 Å². The van der Waals surface area contributed by atoms with Crippen molar-refractivity contribution in [2.75, 3.05) is 6.54 Å². The van der Waals surface area contributed by atoms with Crippen molar-refractivity contribution in [3.8, 4) is 11.5 Å². The zero-order valence-electron chi connectivity index (χ0n) is 16.7. The summed E-state index contributed by atoms with van der Waals surface area (Å²) in [5.41, 5.74) is 2.35.